The Morgan fingerprint density at radius 3 is 2.60 bits per heavy atom. The third kappa shape index (κ3) is 4.66. The van der Waals surface area contributed by atoms with Crippen molar-refractivity contribution in [3.63, 3.8) is 0 Å². The van der Waals surface area contributed by atoms with Crippen LogP contribution in [0, 0.1) is 6.92 Å². The molecule has 20 heavy (non-hydrogen) atoms. The van der Waals surface area contributed by atoms with Crippen molar-refractivity contribution in [2.45, 2.75) is 31.2 Å². The van der Waals surface area contributed by atoms with Crippen LogP contribution in [0.3, 0.4) is 0 Å². The van der Waals surface area contributed by atoms with Crippen LogP contribution in [0.5, 0.6) is 0 Å². The number of benzene rings is 1. The van der Waals surface area contributed by atoms with E-state index in [4.69, 9.17) is 0 Å². The highest BCUT2D eigenvalue weighted by molar-refractivity contribution is 7.99. The summed E-state index contributed by atoms with van der Waals surface area (Å²) in [5.41, 5.74) is 2.34. The second-order valence-corrected chi connectivity index (χ2v) is 5.96. The lowest BCUT2D eigenvalue weighted by Gasteiger charge is -2.18. The van der Waals surface area contributed by atoms with E-state index in [1.165, 1.54) is 10.5 Å². The van der Waals surface area contributed by atoms with Crippen LogP contribution in [0.15, 0.2) is 53.6 Å². The molecule has 0 amide bonds. The molecule has 0 saturated heterocycles. The zero-order chi connectivity index (χ0) is 14.2. The Labute approximate surface area is 126 Å². The summed E-state index contributed by atoms with van der Waals surface area (Å²) in [6.45, 7) is 5.26. The van der Waals surface area contributed by atoms with Crippen LogP contribution in [0.1, 0.15) is 30.6 Å². The number of aromatic nitrogens is 1. The third-order valence-electron chi connectivity index (χ3n) is 3.14. The predicted molar refractivity (Wildman–Crippen MR) is 87.2 cm³/mol. The Hall–Kier alpha value is -1.32. The van der Waals surface area contributed by atoms with Gasteiger partial charge in [-0.15, -0.1) is 11.8 Å². The molecule has 0 aliphatic carbocycles. The summed E-state index contributed by atoms with van der Waals surface area (Å²) in [7, 11) is 0. The van der Waals surface area contributed by atoms with Gasteiger partial charge in [-0.3, -0.25) is 4.98 Å². The molecule has 2 nitrogen and oxygen atoms in total. The van der Waals surface area contributed by atoms with E-state index < -0.39 is 0 Å². The summed E-state index contributed by atoms with van der Waals surface area (Å²) >= 11 is 1.89. The van der Waals surface area contributed by atoms with Crippen LogP contribution in [0.25, 0.3) is 0 Å². The minimum atomic E-state index is 0.355. The highest BCUT2D eigenvalue weighted by atomic mass is 32.2. The van der Waals surface area contributed by atoms with Gasteiger partial charge in [0.1, 0.15) is 0 Å². The van der Waals surface area contributed by atoms with Crippen LogP contribution < -0.4 is 5.32 Å². The minimum Gasteiger partial charge on any atom is -0.309 e. The fourth-order valence-electron chi connectivity index (χ4n) is 1.97. The monoisotopic (exact) mass is 286 g/mol. The van der Waals surface area contributed by atoms with E-state index in [0.29, 0.717) is 6.04 Å². The van der Waals surface area contributed by atoms with Gasteiger partial charge in [0.25, 0.3) is 0 Å². The molecule has 1 N–H and O–H groups in total. The largest absolute Gasteiger partial charge is 0.309 e. The number of hydrogen-bond donors (Lipinski definition) is 1. The van der Waals surface area contributed by atoms with Crippen LogP contribution in [-0.4, -0.2) is 17.3 Å². The van der Waals surface area contributed by atoms with Crippen molar-refractivity contribution in [1.29, 1.82) is 0 Å². The predicted octanol–water partition coefficient (Wildman–Crippen LogP) is 4.22. The van der Waals surface area contributed by atoms with E-state index in [1.54, 1.807) is 0 Å². The van der Waals surface area contributed by atoms with Crippen LogP contribution in [0.2, 0.25) is 0 Å². The van der Waals surface area contributed by atoms with Crippen molar-refractivity contribution in [1.82, 2.24) is 10.3 Å². The molecule has 0 fully saturated rings. The third-order valence-corrected chi connectivity index (χ3v) is 4.24. The maximum atomic E-state index is 4.41. The zero-order valence-corrected chi connectivity index (χ0v) is 13.0. The molecule has 1 aromatic carbocycles. The first kappa shape index (κ1) is 15.1. The summed E-state index contributed by atoms with van der Waals surface area (Å²) in [4.78, 5) is 5.73. The summed E-state index contributed by atoms with van der Waals surface area (Å²) in [6, 6.07) is 15.2. The molecule has 0 aliphatic rings. The van der Waals surface area contributed by atoms with Crippen molar-refractivity contribution in [2.75, 3.05) is 12.3 Å². The van der Waals surface area contributed by atoms with Gasteiger partial charge in [0.05, 0.1) is 0 Å². The molecule has 1 unspecified atom stereocenters. The van der Waals surface area contributed by atoms with E-state index in [-0.39, 0.29) is 0 Å². The molecule has 1 heterocycles. The molecule has 0 spiro atoms. The number of pyridine rings is 1. The van der Waals surface area contributed by atoms with Crippen LogP contribution in [-0.2, 0) is 0 Å². The van der Waals surface area contributed by atoms with Crippen molar-refractivity contribution in [2.24, 2.45) is 0 Å². The molecule has 106 valence electrons. The molecule has 2 rings (SSSR count). The van der Waals surface area contributed by atoms with Crippen molar-refractivity contribution in [3.05, 3.63) is 59.9 Å². The molecule has 1 atom stereocenters. The van der Waals surface area contributed by atoms with E-state index in [1.807, 2.05) is 24.9 Å². The lowest BCUT2D eigenvalue weighted by atomic mass is 10.1. The summed E-state index contributed by atoms with van der Waals surface area (Å²) in [5, 5.41) is 3.61. The van der Waals surface area contributed by atoms with Gasteiger partial charge in [-0.2, -0.15) is 0 Å². The number of thioether (sulfide) groups is 1. The highest BCUT2D eigenvalue weighted by Gasteiger charge is 2.11. The summed E-state index contributed by atoms with van der Waals surface area (Å²) in [6.07, 6.45) is 3.14. The molecule has 0 radical (unpaired) electrons. The van der Waals surface area contributed by atoms with Crippen molar-refractivity contribution >= 4 is 11.8 Å². The topological polar surface area (TPSA) is 24.9 Å². The highest BCUT2D eigenvalue weighted by Crippen LogP contribution is 2.24. The minimum absolute atomic E-state index is 0.355. The van der Waals surface area contributed by atoms with Gasteiger partial charge in [0.2, 0.25) is 0 Å². The molecular formula is C17H22N2S. The number of nitrogens with one attached hydrogen (secondary N) is 1. The van der Waals surface area contributed by atoms with Gasteiger partial charge in [0.15, 0.2) is 0 Å². The van der Waals surface area contributed by atoms with E-state index in [9.17, 15) is 0 Å². The van der Waals surface area contributed by atoms with Gasteiger partial charge >= 0.3 is 0 Å². The van der Waals surface area contributed by atoms with E-state index >= 15 is 0 Å². The standard InChI is InChI=1S/C17H22N2S/c1-3-11-18-17(15-10-9-14(2)19-12-15)13-20-16-7-5-4-6-8-16/h4-10,12,17-18H,3,11,13H2,1-2H3. The van der Waals surface area contributed by atoms with Gasteiger partial charge in [-0.1, -0.05) is 31.2 Å². The number of aryl methyl sites for hydroxylation is 1. The Morgan fingerprint density at radius 1 is 1.15 bits per heavy atom. The van der Waals surface area contributed by atoms with E-state index in [0.717, 1.165) is 24.4 Å². The summed E-state index contributed by atoms with van der Waals surface area (Å²) in [5.74, 6) is 1.02. The molecular weight excluding hydrogens is 264 g/mol. The maximum absolute atomic E-state index is 4.41. The Balaban J connectivity index is 2.01. The molecule has 2 aromatic rings. The lowest BCUT2D eigenvalue weighted by molar-refractivity contribution is 0.575. The van der Waals surface area contributed by atoms with Crippen LogP contribution >= 0.6 is 11.8 Å². The lowest BCUT2D eigenvalue weighted by Crippen LogP contribution is -2.24. The van der Waals surface area contributed by atoms with Crippen molar-refractivity contribution in [3.8, 4) is 0 Å². The molecule has 0 aliphatic heterocycles. The normalized spacial score (nSPS) is 12.3. The van der Waals surface area contributed by atoms with Crippen molar-refractivity contribution < 1.29 is 0 Å². The SMILES string of the molecule is CCCNC(CSc1ccccc1)c1ccc(C)nc1. The molecule has 3 heteroatoms. The first-order chi connectivity index (χ1) is 9.79. The fraction of sp³-hybridized carbons (Fsp3) is 0.353. The van der Waals surface area contributed by atoms with Gasteiger partial charge in [-0.05, 0) is 43.7 Å². The Kier molecular flexibility index (Phi) is 6.09. The quantitative estimate of drug-likeness (QED) is 0.771. The maximum Gasteiger partial charge on any atom is 0.0430 e. The van der Waals surface area contributed by atoms with E-state index in [2.05, 4.69) is 59.7 Å². The second kappa shape index (κ2) is 8.08. The van der Waals surface area contributed by atoms with Gasteiger partial charge < -0.3 is 5.32 Å². The number of rotatable bonds is 7. The zero-order valence-electron chi connectivity index (χ0n) is 12.2. The fourth-order valence-corrected chi connectivity index (χ4v) is 2.99. The number of hydrogen-bond acceptors (Lipinski definition) is 3. The van der Waals surface area contributed by atoms with Crippen LogP contribution in [0.4, 0.5) is 0 Å². The summed E-state index contributed by atoms with van der Waals surface area (Å²) < 4.78 is 0. The second-order valence-electron chi connectivity index (χ2n) is 4.86. The molecule has 0 bridgehead atoms. The molecule has 0 saturated carbocycles. The Bertz CT molecular complexity index is 496. The smallest absolute Gasteiger partial charge is 0.0430 e. The average molecular weight is 286 g/mol. The van der Waals surface area contributed by atoms with Gasteiger partial charge in [0, 0.05) is 28.6 Å². The van der Waals surface area contributed by atoms with Gasteiger partial charge in [-0.25, -0.2) is 0 Å². The number of nitrogens with zero attached hydrogens (tertiary/aromatic N) is 1. The first-order valence-corrected chi connectivity index (χ1v) is 8.12. The first-order valence-electron chi connectivity index (χ1n) is 7.13. The average Bonchev–Trinajstić information content (AvgIpc) is 2.50. The Morgan fingerprint density at radius 2 is 1.95 bits per heavy atom. The molecule has 1 aromatic heterocycles.